The first-order valence-corrected chi connectivity index (χ1v) is 8.28. The van der Waals surface area contributed by atoms with Crippen molar-refractivity contribution < 1.29 is 0 Å². The Balaban J connectivity index is 2.25. The van der Waals surface area contributed by atoms with Gasteiger partial charge in [-0.05, 0) is 60.7 Å². The molecule has 2 rings (SSSR count). The molecule has 1 unspecified atom stereocenters. The van der Waals surface area contributed by atoms with Gasteiger partial charge >= 0.3 is 0 Å². The molecule has 0 saturated heterocycles. The van der Waals surface area contributed by atoms with Crippen LogP contribution in [-0.4, -0.2) is 0 Å². The van der Waals surface area contributed by atoms with E-state index in [0.717, 1.165) is 22.6 Å². The van der Waals surface area contributed by atoms with E-state index in [1.165, 1.54) is 11.1 Å². The van der Waals surface area contributed by atoms with Crippen LogP contribution < -0.4 is 0 Å². The lowest BCUT2D eigenvalue weighted by Gasteiger charge is -2.15. The molecule has 0 saturated carbocycles. The minimum Gasteiger partial charge on any atom is -0.0840 e. The molecule has 0 aromatic heterocycles. The summed E-state index contributed by atoms with van der Waals surface area (Å²) in [6.45, 7) is 4.09. The van der Waals surface area contributed by atoms with E-state index in [1.54, 1.807) is 0 Å². The predicted molar refractivity (Wildman–Crippen MR) is 92.8 cm³/mol. The molecule has 0 nitrogen and oxygen atoms in total. The van der Waals surface area contributed by atoms with E-state index in [0.29, 0.717) is 10.0 Å². The fourth-order valence-electron chi connectivity index (χ4n) is 2.12. The highest BCUT2D eigenvalue weighted by Gasteiger charge is 2.13. The van der Waals surface area contributed by atoms with Gasteiger partial charge in [0.1, 0.15) is 0 Å². The van der Waals surface area contributed by atoms with Gasteiger partial charge < -0.3 is 0 Å². The van der Waals surface area contributed by atoms with Crippen molar-refractivity contribution in [3.63, 3.8) is 0 Å². The van der Waals surface area contributed by atoms with Gasteiger partial charge in [0.25, 0.3) is 0 Å². The van der Waals surface area contributed by atoms with Gasteiger partial charge in [-0.25, -0.2) is 0 Å². The minimum atomic E-state index is 0.218. The molecular weight excluding hydrogens is 378 g/mol. The summed E-state index contributed by atoms with van der Waals surface area (Å²) in [6, 6.07) is 9.89. The van der Waals surface area contributed by atoms with Crippen molar-refractivity contribution in [2.75, 3.05) is 0 Å². The summed E-state index contributed by atoms with van der Waals surface area (Å²) in [5.41, 5.74) is 4.67. The number of hydrogen-bond donors (Lipinski definition) is 0. The first-order valence-electron chi connectivity index (χ1n) is 6.23. The summed E-state index contributed by atoms with van der Waals surface area (Å²) < 4.78 is 0. The molecule has 0 aliphatic heterocycles. The average molecular weight is 393 g/mol. The van der Waals surface area contributed by atoms with Gasteiger partial charge in [0.15, 0.2) is 0 Å². The normalized spacial score (nSPS) is 12.5. The van der Waals surface area contributed by atoms with E-state index < -0.39 is 0 Å². The smallest absolute Gasteiger partial charge is 0.0595 e. The summed E-state index contributed by atoms with van der Waals surface area (Å²) >= 11 is 21.9. The summed E-state index contributed by atoms with van der Waals surface area (Å²) in [4.78, 5) is 0.218. The minimum absolute atomic E-state index is 0.218. The van der Waals surface area contributed by atoms with Gasteiger partial charge in [-0.15, -0.1) is 0 Å². The Labute approximate surface area is 143 Å². The Bertz CT molecular complexity index is 638. The highest BCUT2D eigenvalue weighted by molar-refractivity contribution is 9.09. The molecule has 0 amide bonds. The molecule has 0 spiro atoms. The molecule has 0 radical (unpaired) electrons. The molecule has 2 aromatic rings. The standard InChI is InChI=1S/C16H14BrCl3/c1-9-6-15(19)10(2)5-12(9)13(17)7-11-3-4-14(18)16(20)8-11/h3-6,8,13H,7H2,1-2H3. The highest BCUT2D eigenvalue weighted by Crippen LogP contribution is 2.33. The monoisotopic (exact) mass is 390 g/mol. The lowest BCUT2D eigenvalue weighted by atomic mass is 9.98. The van der Waals surface area contributed by atoms with Crippen LogP contribution in [0.3, 0.4) is 0 Å². The molecule has 0 fully saturated rings. The first-order chi connectivity index (χ1) is 9.38. The number of hydrogen-bond acceptors (Lipinski definition) is 0. The van der Waals surface area contributed by atoms with Crippen LogP contribution in [0.4, 0.5) is 0 Å². The van der Waals surface area contributed by atoms with E-state index in [2.05, 4.69) is 28.9 Å². The highest BCUT2D eigenvalue weighted by atomic mass is 79.9. The van der Waals surface area contributed by atoms with Crippen LogP contribution in [-0.2, 0) is 6.42 Å². The van der Waals surface area contributed by atoms with Crippen LogP contribution in [0.2, 0.25) is 15.1 Å². The van der Waals surface area contributed by atoms with E-state index >= 15 is 0 Å². The maximum absolute atomic E-state index is 6.14. The molecule has 0 heterocycles. The number of benzene rings is 2. The molecule has 4 heteroatoms. The number of halogens is 4. The Kier molecular flexibility index (Phi) is 5.42. The second-order valence-corrected chi connectivity index (χ2v) is 7.21. The van der Waals surface area contributed by atoms with Gasteiger partial charge in [0.2, 0.25) is 0 Å². The van der Waals surface area contributed by atoms with E-state index in [4.69, 9.17) is 34.8 Å². The van der Waals surface area contributed by atoms with E-state index in [9.17, 15) is 0 Å². The van der Waals surface area contributed by atoms with Crippen molar-refractivity contribution >= 4 is 50.7 Å². The van der Waals surface area contributed by atoms with E-state index in [-0.39, 0.29) is 4.83 Å². The largest absolute Gasteiger partial charge is 0.0840 e. The molecule has 0 aliphatic carbocycles. The number of rotatable bonds is 3. The molecule has 2 aromatic carbocycles. The van der Waals surface area contributed by atoms with Crippen molar-refractivity contribution in [1.29, 1.82) is 0 Å². The van der Waals surface area contributed by atoms with Gasteiger partial charge in [-0.1, -0.05) is 62.9 Å². The van der Waals surface area contributed by atoms with Crippen molar-refractivity contribution in [3.8, 4) is 0 Å². The third-order valence-electron chi connectivity index (χ3n) is 3.28. The topological polar surface area (TPSA) is 0 Å². The second kappa shape index (κ2) is 6.70. The summed E-state index contributed by atoms with van der Waals surface area (Å²) in [7, 11) is 0. The average Bonchev–Trinajstić information content (AvgIpc) is 2.38. The van der Waals surface area contributed by atoms with Gasteiger partial charge in [-0.2, -0.15) is 0 Å². The Hall–Kier alpha value is -0.210. The van der Waals surface area contributed by atoms with Crippen molar-refractivity contribution in [3.05, 3.63) is 67.7 Å². The Morgan fingerprint density at radius 1 is 0.900 bits per heavy atom. The molecule has 0 N–H and O–H groups in total. The summed E-state index contributed by atoms with van der Waals surface area (Å²) in [5.74, 6) is 0. The zero-order valence-corrected chi connectivity index (χ0v) is 15.0. The van der Waals surface area contributed by atoms with Crippen LogP contribution >= 0.6 is 50.7 Å². The fourth-order valence-corrected chi connectivity index (χ4v) is 3.53. The third kappa shape index (κ3) is 3.71. The molecule has 106 valence electrons. The maximum atomic E-state index is 6.14. The van der Waals surface area contributed by atoms with Gasteiger partial charge in [-0.3, -0.25) is 0 Å². The Morgan fingerprint density at radius 2 is 1.60 bits per heavy atom. The van der Waals surface area contributed by atoms with Crippen molar-refractivity contribution in [2.24, 2.45) is 0 Å². The fraction of sp³-hybridized carbons (Fsp3) is 0.250. The Morgan fingerprint density at radius 3 is 2.25 bits per heavy atom. The van der Waals surface area contributed by atoms with Crippen LogP contribution in [0, 0.1) is 13.8 Å². The summed E-state index contributed by atoms with van der Waals surface area (Å²) in [6.07, 6.45) is 0.846. The van der Waals surface area contributed by atoms with Gasteiger partial charge in [0, 0.05) is 9.85 Å². The SMILES string of the molecule is Cc1cc(C(Br)Cc2ccc(Cl)c(Cl)c2)c(C)cc1Cl. The zero-order chi connectivity index (χ0) is 14.9. The van der Waals surface area contributed by atoms with E-state index in [1.807, 2.05) is 31.2 Å². The molecule has 20 heavy (non-hydrogen) atoms. The van der Waals surface area contributed by atoms with Gasteiger partial charge in [0.05, 0.1) is 10.0 Å². The van der Waals surface area contributed by atoms with Crippen LogP contribution in [0.25, 0.3) is 0 Å². The zero-order valence-electron chi connectivity index (χ0n) is 11.2. The predicted octanol–water partition coefficient (Wildman–Crippen LogP) is 6.94. The molecule has 0 bridgehead atoms. The molecule has 0 aliphatic rings. The number of aryl methyl sites for hydroxylation is 2. The van der Waals surface area contributed by atoms with Crippen LogP contribution in [0.1, 0.15) is 27.1 Å². The lowest BCUT2D eigenvalue weighted by Crippen LogP contribution is -1.99. The quantitative estimate of drug-likeness (QED) is 0.496. The second-order valence-electron chi connectivity index (χ2n) is 4.88. The third-order valence-corrected chi connectivity index (χ3v) is 5.25. The molecular formula is C16H14BrCl3. The lowest BCUT2D eigenvalue weighted by molar-refractivity contribution is 0.936. The first kappa shape index (κ1) is 16.2. The van der Waals surface area contributed by atoms with Crippen LogP contribution in [0.5, 0.6) is 0 Å². The summed E-state index contributed by atoms with van der Waals surface area (Å²) in [5, 5.41) is 1.98. The number of alkyl halides is 1. The van der Waals surface area contributed by atoms with Crippen LogP contribution in [0.15, 0.2) is 30.3 Å². The van der Waals surface area contributed by atoms with Crippen molar-refractivity contribution in [1.82, 2.24) is 0 Å². The van der Waals surface area contributed by atoms with Crippen molar-refractivity contribution in [2.45, 2.75) is 25.1 Å². The molecule has 1 atom stereocenters. The maximum Gasteiger partial charge on any atom is 0.0595 e.